The molecule has 0 unspecified atom stereocenters. The molecule has 0 saturated carbocycles. The fourth-order valence-electron chi connectivity index (χ4n) is 4.43. The van der Waals surface area contributed by atoms with Crippen molar-refractivity contribution >= 4 is 33.5 Å². The second kappa shape index (κ2) is 13.0. The molecule has 1 fully saturated rings. The van der Waals surface area contributed by atoms with Crippen LogP contribution in [0, 0.1) is 5.92 Å². The van der Waals surface area contributed by atoms with Crippen LogP contribution < -0.4 is 16.4 Å². The van der Waals surface area contributed by atoms with E-state index in [-0.39, 0.29) is 23.8 Å². The first-order chi connectivity index (χ1) is 19.2. The third kappa shape index (κ3) is 6.41. The molecule has 0 radical (unpaired) electrons. The zero-order valence-corrected chi connectivity index (χ0v) is 24.2. The minimum absolute atomic E-state index is 0.0142. The number of carbonyl (C=O) groups is 2. The molecule has 1 heterocycles. The molecular formula is C30H35N3O5S2. The lowest BCUT2D eigenvalue weighted by Gasteiger charge is -2.30. The smallest absolute Gasteiger partial charge is 0.323 e. The Hall–Kier alpha value is -3.18. The molecule has 3 aromatic carbocycles. The van der Waals surface area contributed by atoms with Gasteiger partial charge in [-0.3, -0.25) is 14.9 Å². The Morgan fingerprint density at radius 2 is 1.57 bits per heavy atom. The lowest BCUT2D eigenvalue weighted by atomic mass is 10.0. The van der Waals surface area contributed by atoms with Gasteiger partial charge in [-0.25, -0.2) is 8.42 Å². The van der Waals surface area contributed by atoms with Gasteiger partial charge in [0.15, 0.2) is 0 Å². The topological polar surface area (TPSA) is 128 Å². The normalized spacial score (nSPS) is 18.7. The number of esters is 1. The summed E-state index contributed by atoms with van der Waals surface area (Å²) in [5.74, 6) is -0.801. The Labute approximate surface area is 240 Å². The van der Waals surface area contributed by atoms with Crippen LogP contribution in [-0.4, -0.2) is 49.4 Å². The van der Waals surface area contributed by atoms with Crippen LogP contribution in [0.25, 0.3) is 11.1 Å². The summed E-state index contributed by atoms with van der Waals surface area (Å²) < 4.78 is 31.4. The number of carbonyl (C=O) groups excluding carboxylic acids is 2. The van der Waals surface area contributed by atoms with Crippen LogP contribution in [0.4, 0.5) is 0 Å². The van der Waals surface area contributed by atoms with E-state index in [1.165, 1.54) is 0 Å². The number of hydrogen-bond donors (Lipinski definition) is 3. The summed E-state index contributed by atoms with van der Waals surface area (Å²) in [6.07, 6.45) is 0.249. The molecule has 10 heteroatoms. The Morgan fingerprint density at radius 1 is 0.975 bits per heavy atom. The largest absolute Gasteiger partial charge is 0.464 e. The van der Waals surface area contributed by atoms with Gasteiger partial charge in [-0.15, -0.1) is 11.8 Å². The third-order valence-electron chi connectivity index (χ3n) is 6.86. The Balaban J connectivity index is 1.56. The summed E-state index contributed by atoms with van der Waals surface area (Å²) in [7, 11) is -4.14. The molecule has 40 heavy (non-hydrogen) atoms. The van der Waals surface area contributed by atoms with Gasteiger partial charge in [-0.05, 0) is 34.7 Å². The number of hydrogen-bond acceptors (Lipinski definition) is 8. The zero-order chi connectivity index (χ0) is 28.8. The van der Waals surface area contributed by atoms with E-state index in [1.54, 1.807) is 24.3 Å². The molecule has 1 amide bonds. The second-order valence-corrected chi connectivity index (χ2v) is 13.6. The molecule has 8 nitrogen and oxygen atoms in total. The van der Waals surface area contributed by atoms with Crippen LogP contribution in [0.5, 0.6) is 0 Å². The number of ether oxygens (including phenoxy) is 1. The molecule has 0 spiro atoms. The molecule has 0 aromatic heterocycles. The quantitative estimate of drug-likeness (QED) is 0.291. The number of amides is 1. The maximum Gasteiger partial charge on any atom is 0.323 e. The molecule has 1 aliphatic rings. The van der Waals surface area contributed by atoms with Crippen molar-refractivity contribution in [3.05, 3.63) is 90.5 Å². The summed E-state index contributed by atoms with van der Waals surface area (Å²) in [5.41, 5.74) is 8.50. The van der Waals surface area contributed by atoms with Gasteiger partial charge in [0.05, 0.1) is 17.5 Å². The first-order valence-corrected chi connectivity index (χ1v) is 15.7. The number of rotatable bonds is 11. The maximum atomic E-state index is 14.0. The SMILES string of the molecule is CC(C)[C@H](N)C(=O)OCC[C@H](NC(=O)[C@]1(S(=O)(=O)c2ccc(-c3ccccc3)cc2)NCCS1)c1ccccc1. The third-order valence-corrected chi connectivity index (χ3v) is 11.0. The standard InChI is InChI=1S/C30H35N3O5S2/c1-21(2)27(31)28(34)38-19-17-26(24-11-7-4-8-12-24)33-29(35)30(32-18-20-39-30)40(36,37)25-15-13-23(14-16-25)22-9-5-3-6-10-22/h3-16,21,26-27,32H,17-20,31H2,1-2H3,(H,33,35)/t26-,27-,30-/m0/s1. The molecule has 3 aromatic rings. The monoisotopic (exact) mass is 581 g/mol. The number of nitrogens with two attached hydrogens (primary N) is 1. The van der Waals surface area contributed by atoms with Gasteiger partial charge in [0.1, 0.15) is 6.04 Å². The highest BCUT2D eigenvalue weighted by Gasteiger charge is 2.54. The molecule has 0 aliphatic carbocycles. The molecule has 212 valence electrons. The first kappa shape index (κ1) is 29.8. The summed E-state index contributed by atoms with van der Waals surface area (Å²) in [5, 5.41) is 5.91. The number of thioether (sulfide) groups is 1. The fourth-order valence-corrected chi connectivity index (χ4v) is 7.90. The number of sulfone groups is 1. The Bertz CT molecular complexity index is 1390. The average molecular weight is 582 g/mol. The maximum absolute atomic E-state index is 14.0. The molecule has 4 rings (SSSR count). The van der Waals surface area contributed by atoms with Gasteiger partial charge >= 0.3 is 5.97 Å². The van der Waals surface area contributed by atoms with Crippen molar-refractivity contribution in [3.8, 4) is 11.1 Å². The van der Waals surface area contributed by atoms with Crippen LogP contribution in [0.2, 0.25) is 0 Å². The predicted molar refractivity (Wildman–Crippen MR) is 158 cm³/mol. The highest BCUT2D eigenvalue weighted by atomic mass is 32.3. The average Bonchev–Trinajstić information content (AvgIpc) is 3.49. The van der Waals surface area contributed by atoms with E-state index >= 15 is 0 Å². The van der Waals surface area contributed by atoms with Crippen LogP contribution in [0.3, 0.4) is 0 Å². The summed E-state index contributed by atoms with van der Waals surface area (Å²) in [4.78, 5) is 26.2. The summed E-state index contributed by atoms with van der Waals surface area (Å²) in [6.45, 7) is 4.04. The van der Waals surface area contributed by atoms with Gasteiger partial charge in [0.2, 0.25) is 9.84 Å². The summed E-state index contributed by atoms with van der Waals surface area (Å²) >= 11 is 1.06. The fraction of sp³-hybridized carbons (Fsp3) is 0.333. The van der Waals surface area contributed by atoms with Crippen molar-refractivity contribution in [2.24, 2.45) is 11.7 Å². The van der Waals surface area contributed by atoms with Crippen molar-refractivity contribution in [2.45, 2.75) is 41.5 Å². The number of nitrogens with one attached hydrogen (secondary N) is 2. The van der Waals surface area contributed by atoms with Crippen molar-refractivity contribution < 1.29 is 22.7 Å². The van der Waals surface area contributed by atoms with Gasteiger partial charge in [0.25, 0.3) is 10.1 Å². The molecule has 0 bridgehead atoms. The van der Waals surface area contributed by atoms with Crippen molar-refractivity contribution in [1.29, 1.82) is 0 Å². The van der Waals surface area contributed by atoms with E-state index in [0.717, 1.165) is 28.5 Å². The van der Waals surface area contributed by atoms with E-state index in [4.69, 9.17) is 10.5 Å². The minimum Gasteiger partial charge on any atom is -0.464 e. The van der Waals surface area contributed by atoms with Gasteiger partial charge in [-0.2, -0.15) is 0 Å². The second-order valence-electron chi connectivity index (χ2n) is 9.95. The first-order valence-electron chi connectivity index (χ1n) is 13.2. The van der Waals surface area contributed by atoms with Crippen molar-refractivity contribution in [1.82, 2.24) is 10.6 Å². The van der Waals surface area contributed by atoms with Crippen LogP contribution in [-0.2, 0) is 24.2 Å². The number of benzene rings is 3. The van der Waals surface area contributed by atoms with Gasteiger partial charge < -0.3 is 15.8 Å². The highest BCUT2D eigenvalue weighted by molar-refractivity contribution is 8.16. The molecule has 3 atom stereocenters. The van der Waals surface area contributed by atoms with E-state index in [0.29, 0.717) is 12.3 Å². The van der Waals surface area contributed by atoms with Crippen molar-refractivity contribution in [3.63, 3.8) is 0 Å². The van der Waals surface area contributed by atoms with E-state index < -0.39 is 38.0 Å². The van der Waals surface area contributed by atoms with Crippen LogP contribution in [0.15, 0.2) is 89.8 Å². The lowest BCUT2D eigenvalue weighted by molar-refractivity contribution is -0.146. The van der Waals surface area contributed by atoms with Gasteiger partial charge in [-0.1, -0.05) is 86.6 Å². The van der Waals surface area contributed by atoms with E-state index in [2.05, 4.69) is 10.6 Å². The van der Waals surface area contributed by atoms with Crippen LogP contribution >= 0.6 is 11.8 Å². The molecular weight excluding hydrogens is 546 g/mol. The van der Waals surface area contributed by atoms with E-state index in [1.807, 2.05) is 74.5 Å². The molecule has 1 saturated heterocycles. The highest BCUT2D eigenvalue weighted by Crippen LogP contribution is 2.39. The Morgan fingerprint density at radius 3 is 2.15 bits per heavy atom. The molecule has 1 aliphatic heterocycles. The van der Waals surface area contributed by atoms with Crippen molar-refractivity contribution in [2.75, 3.05) is 18.9 Å². The van der Waals surface area contributed by atoms with Crippen LogP contribution in [0.1, 0.15) is 31.9 Å². The van der Waals surface area contributed by atoms with E-state index in [9.17, 15) is 18.0 Å². The Kier molecular flexibility index (Phi) is 9.68. The lowest BCUT2D eigenvalue weighted by Crippen LogP contribution is -2.57. The van der Waals surface area contributed by atoms with Gasteiger partial charge in [0, 0.05) is 18.7 Å². The zero-order valence-electron chi connectivity index (χ0n) is 22.6. The molecule has 4 N–H and O–H groups in total. The summed E-state index contributed by atoms with van der Waals surface area (Å²) in [6, 6.07) is 24.1. The minimum atomic E-state index is -4.14. The predicted octanol–water partition coefficient (Wildman–Crippen LogP) is 3.89.